The molecule has 0 amide bonds. The van der Waals surface area contributed by atoms with E-state index in [1.807, 2.05) is 6.92 Å². The first kappa shape index (κ1) is 8.46. The highest BCUT2D eigenvalue weighted by Gasteiger charge is 2.02. The molecule has 60 valence electrons. The van der Waals surface area contributed by atoms with E-state index in [4.69, 9.17) is 4.74 Å². The molecule has 0 unspecified atom stereocenters. The van der Waals surface area contributed by atoms with E-state index in [9.17, 15) is 4.39 Å². The van der Waals surface area contributed by atoms with Gasteiger partial charge in [-0.2, -0.15) is 0 Å². The molecule has 0 aromatic carbocycles. The highest BCUT2D eigenvalue weighted by Crippen LogP contribution is 2.22. The maximum absolute atomic E-state index is 12.5. The summed E-state index contributed by atoms with van der Waals surface area (Å²) in [6.45, 7) is 2.33. The molecule has 2 nitrogen and oxygen atoms in total. The summed E-state index contributed by atoms with van der Waals surface area (Å²) >= 11 is 3.13. The van der Waals surface area contributed by atoms with Gasteiger partial charge >= 0.3 is 0 Å². The third-order valence-corrected chi connectivity index (χ3v) is 1.67. The molecule has 0 radical (unpaired) electrons. The molecular weight excluding hydrogens is 213 g/mol. The van der Waals surface area contributed by atoms with E-state index in [2.05, 4.69) is 20.9 Å². The molecule has 0 bridgehead atoms. The third kappa shape index (κ3) is 2.15. The molecule has 0 fully saturated rings. The molecular formula is C7H7BrFNO. The van der Waals surface area contributed by atoms with Gasteiger partial charge < -0.3 is 4.74 Å². The number of aromatic nitrogens is 1. The van der Waals surface area contributed by atoms with Crippen LogP contribution in [-0.2, 0) is 0 Å². The molecule has 1 aromatic rings. The Kier molecular flexibility index (Phi) is 2.82. The van der Waals surface area contributed by atoms with Crippen LogP contribution in [0.4, 0.5) is 4.39 Å². The molecule has 0 aliphatic heterocycles. The Hall–Kier alpha value is -0.640. The minimum Gasteiger partial charge on any atom is -0.491 e. The van der Waals surface area contributed by atoms with Gasteiger partial charge in [0.2, 0.25) is 0 Å². The van der Waals surface area contributed by atoms with Gasteiger partial charge in [0.1, 0.15) is 10.4 Å². The fourth-order valence-corrected chi connectivity index (χ4v) is 0.992. The van der Waals surface area contributed by atoms with Crippen LogP contribution in [0.2, 0.25) is 0 Å². The third-order valence-electron chi connectivity index (χ3n) is 1.07. The Bertz CT molecular complexity index is 254. The van der Waals surface area contributed by atoms with Crippen LogP contribution in [0.25, 0.3) is 0 Å². The van der Waals surface area contributed by atoms with E-state index in [-0.39, 0.29) is 0 Å². The van der Waals surface area contributed by atoms with E-state index in [0.717, 1.165) is 6.20 Å². The topological polar surface area (TPSA) is 22.1 Å². The van der Waals surface area contributed by atoms with Crippen molar-refractivity contribution in [1.29, 1.82) is 0 Å². The zero-order chi connectivity index (χ0) is 8.27. The fraction of sp³-hybridized carbons (Fsp3) is 0.286. The van der Waals surface area contributed by atoms with Crippen LogP contribution in [0.3, 0.4) is 0 Å². The van der Waals surface area contributed by atoms with Gasteiger partial charge in [0.25, 0.3) is 0 Å². The van der Waals surface area contributed by atoms with Crippen molar-refractivity contribution in [2.75, 3.05) is 6.61 Å². The van der Waals surface area contributed by atoms with E-state index < -0.39 is 5.82 Å². The summed E-state index contributed by atoms with van der Waals surface area (Å²) in [5.74, 6) is 0.0455. The average Bonchev–Trinajstić information content (AvgIpc) is 1.98. The van der Waals surface area contributed by atoms with Gasteiger partial charge in [-0.3, -0.25) is 0 Å². The Labute approximate surface area is 72.5 Å². The van der Waals surface area contributed by atoms with Crippen molar-refractivity contribution in [3.8, 4) is 5.75 Å². The summed E-state index contributed by atoms with van der Waals surface area (Å²) in [6.07, 6.45) is 1.13. The van der Waals surface area contributed by atoms with Crippen molar-refractivity contribution < 1.29 is 9.13 Å². The molecule has 0 saturated heterocycles. The van der Waals surface area contributed by atoms with E-state index in [1.54, 1.807) is 0 Å². The summed E-state index contributed by atoms with van der Waals surface area (Å²) in [4.78, 5) is 3.71. The molecule has 0 spiro atoms. The molecule has 1 aromatic heterocycles. The van der Waals surface area contributed by atoms with Gasteiger partial charge in [-0.15, -0.1) is 0 Å². The summed E-state index contributed by atoms with van der Waals surface area (Å²) in [5.41, 5.74) is 0. The lowest BCUT2D eigenvalue weighted by Gasteiger charge is -2.03. The van der Waals surface area contributed by atoms with Gasteiger partial charge in [0, 0.05) is 6.07 Å². The van der Waals surface area contributed by atoms with Crippen molar-refractivity contribution in [1.82, 2.24) is 4.98 Å². The highest BCUT2D eigenvalue weighted by atomic mass is 79.9. The fourth-order valence-electron chi connectivity index (χ4n) is 0.661. The van der Waals surface area contributed by atoms with E-state index in [1.165, 1.54) is 6.07 Å². The van der Waals surface area contributed by atoms with Gasteiger partial charge in [0.15, 0.2) is 5.75 Å². The van der Waals surface area contributed by atoms with Crippen LogP contribution in [0.15, 0.2) is 16.9 Å². The predicted molar refractivity (Wildman–Crippen MR) is 43.1 cm³/mol. The Balaban J connectivity index is 2.93. The van der Waals surface area contributed by atoms with Crippen molar-refractivity contribution >= 4 is 15.9 Å². The lowest BCUT2D eigenvalue weighted by atomic mass is 10.4. The van der Waals surface area contributed by atoms with Crippen LogP contribution in [0, 0.1) is 5.82 Å². The lowest BCUT2D eigenvalue weighted by Crippen LogP contribution is -1.94. The predicted octanol–water partition coefficient (Wildman–Crippen LogP) is 2.38. The number of rotatable bonds is 2. The van der Waals surface area contributed by atoms with Crippen LogP contribution < -0.4 is 4.74 Å². The van der Waals surface area contributed by atoms with Crippen molar-refractivity contribution in [2.24, 2.45) is 0 Å². The molecule has 11 heavy (non-hydrogen) atoms. The SMILES string of the molecule is CCOc1cc(F)cnc1Br. The minimum absolute atomic E-state index is 0.392. The van der Waals surface area contributed by atoms with Crippen molar-refractivity contribution in [3.63, 3.8) is 0 Å². The Morgan fingerprint density at radius 1 is 1.73 bits per heavy atom. The molecule has 1 heterocycles. The second-order valence-corrected chi connectivity index (χ2v) is 2.63. The van der Waals surface area contributed by atoms with Gasteiger partial charge in [-0.05, 0) is 22.9 Å². The maximum atomic E-state index is 12.5. The van der Waals surface area contributed by atoms with Crippen LogP contribution in [-0.4, -0.2) is 11.6 Å². The monoisotopic (exact) mass is 219 g/mol. The number of hydrogen-bond acceptors (Lipinski definition) is 2. The van der Waals surface area contributed by atoms with E-state index >= 15 is 0 Å². The number of nitrogens with zero attached hydrogens (tertiary/aromatic N) is 1. The standard InChI is InChI=1S/C7H7BrFNO/c1-2-11-6-3-5(9)4-10-7(6)8/h3-4H,2H2,1H3. The smallest absolute Gasteiger partial charge is 0.154 e. The first-order valence-corrected chi connectivity index (χ1v) is 3.97. The Morgan fingerprint density at radius 3 is 3.09 bits per heavy atom. The normalized spacial score (nSPS) is 9.73. The maximum Gasteiger partial charge on any atom is 0.154 e. The molecule has 1 rings (SSSR count). The number of pyridine rings is 1. The molecule has 0 saturated carbocycles. The first-order valence-electron chi connectivity index (χ1n) is 3.18. The summed E-state index contributed by atoms with van der Waals surface area (Å²) in [6, 6.07) is 1.29. The average molecular weight is 220 g/mol. The van der Waals surface area contributed by atoms with Gasteiger partial charge in [-0.1, -0.05) is 0 Å². The molecule has 4 heteroatoms. The molecule has 0 aliphatic carbocycles. The van der Waals surface area contributed by atoms with Crippen molar-refractivity contribution in [2.45, 2.75) is 6.92 Å². The summed E-state index contributed by atoms with van der Waals surface area (Å²) < 4.78 is 18.1. The molecule has 0 aliphatic rings. The molecule has 0 atom stereocenters. The van der Waals surface area contributed by atoms with Crippen LogP contribution in [0.5, 0.6) is 5.75 Å². The quantitative estimate of drug-likeness (QED) is 0.714. The lowest BCUT2D eigenvalue weighted by molar-refractivity contribution is 0.334. The zero-order valence-electron chi connectivity index (χ0n) is 5.97. The van der Waals surface area contributed by atoms with E-state index in [0.29, 0.717) is 17.0 Å². The summed E-state index contributed by atoms with van der Waals surface area (Å²) in [5, 5.41) is 0. The second-order valence-electron chi connectivity index (χ2n) is 1.88. The minimum atomic E-state index is -0.392. The Morgan fingerprint density at radius 2 is 2.45 bits per heavy atom. The van der Waals surface area contributed by atoms with Crippen LogP contribution >= 0.6 is 15.9 Å². The summed E-state index contributed by atoms with van der Waals surface area (Å²) in [7, 11) is 0. The van der Waals surface area contributed by atoms with Crippen molar-refractivity contribution in [3.05, 3.63) is 22.7 Å². The second kappa shape index (κ2) is 3.67. The van der Waals surface area contributed by atoms with Crippen LogP contribution in [0.1, 0.15) is 6.92 Å². The molecule has 0 N–H and O–H groups in total. The number of ether oxygens (including phenoxy) is 1. The number of hydrogen-bond donors (Lipinski definition) is 0. The zero-order valence-corrected chi connectivity index (χ0v) is 7.56. The number of halogens is 2. The van der Waals surface area contributed by atoms with Gasteiger partial charge in [-0.25, -0.2) is 9.37 Å². The largest absolute Gasteiger partial charge is 0.491 e. The van der Waals surface area contributed by atoms with Gasteiger partial charge in [0.05, 0.1) is 12.8 Å². The first-order chi connectivity index (χ1) is 5.24. The highest BCUT2D eigenvalue weighted by molar-refractivity contribution is 9.10.